The summed E-state index contributed by atoms with van der Waals surface area (Å²) in [7, 11) is 0. The van der Waals surface area contributed by atoms with Crippen molar-refractivity contribution in [3.63, 3.8) is 0 Å². The Balaban J connectivity index is 1.83. The second kappa shape index (κ2) is 5.55. The molecule has 0 aliphatic heterocycles. The van der Waals surface area contributed by atoms with E-state index in [2.05, 4.69) is 17.3 Å². The van der Waals surface area contributed by atoms with Crippen LogP contribution < -0.4 is 5.32 Å². The van der Waals surface area contributed by atoms with E-state index < -0.39 is 0 Å². The Hall–Kier alpha value is -1.32. The molecule has 1 heterocycles. The summed E-state index contributed by atoms with van der Waals surface area (Å²) in [4.78, 5) is 12.0. The first-order chi connectivity index (χ1) is 8.54. The summed E-state index contributed by atoms with van der Waals surface area (Å²) in [6.07, 6.45) is 4.68. The standard InChI is InChI=1S/C14H23N3O/c1-10-4-6-13(7-5-10)15-14(18)9-17-12(3)8-11(2)16-17/h8,10,13H,4-7,9H2,1-3H3,(H,15,18). The van der Waals surface area contributed by atoms with Crippen LogP contribution >= 0.6 is 0 Å². The minimum absolute atomic E-state index is 0.0840. The van der Waals surface area contributed by atoms with Crippen molar-refractivity contribution in [1.82, 2.24) is 15.1 Å². The zero-order valence-corrected chi connectivity index (χ0v) is 11.6. The van der Waals surface area contributed by atoms with Gasteiger partial charge in [-0.2, -0.15) is 5.10 Å². The molecule has 0 saturated heterocycles. The van der Waals surface area contributed by atoms with Crippen LogP contribution in [0.25, 0.3) is 0 Å². The number of nitrogens with one attached hydrogen (secondary N) is 1. The van der Waals surface area contributed by atoms with Gasteiger partial charge in [0.15, 0.2) is 0 Å². The van der Waals surface area contributed by atoms with Crippen molar-refractivity contribution in [3.05, 3.63) is 17.5 Å². The van der Waals surface area contributed by atoms with E-state index in [1.807, 2.05) is 19.9 Å². The quantitative estimate of drug-likeness (QED) is 0.892. The first-order valence-corrected chi connectivity index (χ1v) is 6.85. The van der Waals surface area contributed by atoms with Crippen LogP contribution in [0, 0.1) is 19.8 Å². The third kappa shape index (κ3) is 3.34. The summed E-state index contributed by atoms with van der Waals surface area (Å²) < 4.78 is 1.77. The molecular weight excluding hydrogens is 226 g/mol. The molecular formula is C14H23N3O. The molecule has 1 aliphatic rings. The molecule has 1 N–H and O–H groups in total. The van der Waals surface area contributed by atoms with Gasteiger partial charge in [-0.3, -0.25) is 9.48 Å². The van der Waals surface area contributed by atoms with Crippen LogP contribution in [-0.4, -0.2) is 21.7 Å². The number of carbonyl (C=O) groups is 1. The number of rotatable bonds is 3. The van der Waals surface area contributed by atoms with Crippen molar-refractivity contribution < 1.29 is 4.79 Å². The number of nitrogens with zero attached hydrogens (tertiary/aromatic N) is 2. The molecule has 2 rings (SSSR count). The molecule has 1 fully saturated rings. The van der Waals surface area contributed by atoms with E-state index in [-0.39, 0.29) is 5.91 Å². The van der Waals surface area contributed by atoms with Gasteiger partial charge in [-0.1, -0.05) is 6.92 Å². The molecule has 100 valence electrons. The van der Waals surface area contributed by atoms with Crippen molar-refractivity contribution in [1.29, 1.82) is 0 Å². The fourth-order valence-corrected chi connectivity index (χ4v) is 2.65. The summed E-state index contributed by atoms with van der Waals surface area (Å²) in [5.74, 6) is 0.898. The molecule has 0 unspecified atom stereocenters. The van der Waals surface area contributed by atoms with Crippen LogP contribution in [-0.2, 0) is 11.3 Å². The fraction of sp³-hybridized carbons (Fsp3) is 0.714. The van der Waals surface area contributed by atoms with Crippen molar-refractivity contribution >= 4 is 5.91 Å². The minimum Gasteiger partial charge on any atom is -0.352 e. The maximum Gasteiger partial charge on any atom is 0.241 e. The smallest absolute Gasteiger partial charge is 0.241 e. The zero-order chi connectivity index (χ0) is 13.1. The Bertz CT molecular complexity index is 417. The van der Waals surface area contributed by atoms with E-state index in [1.54, 1.807) is 4.68 Å². The molecule has 0 aromatic carbocycles. The highest BCUT2D eigenvalue weighted by molar-refractivity contribution is 5.76. The highest BCUT2D eigenvalue weighted by Crippen LogP contribution is 2.23. The van der Waals surface area contributed by atoms with Gasteiger partial charge >= 0.3 is 0 Å². The predicted octanol–water partition coefficient (Wildman–Crippen LogP) is 2.19. The van der Waals surface area contributed by atoms with Gasteiger partial charge in [0, 0.05) is 11.7 Å². The Morgan fingerprint density at radius 2 is 2.06 bits per heavy atom. The molecule has 0 radical (unpaired) electrons. The third-order valence-corrected chi connectivity index (χ3v) is 3.78. The number of hydrogen-bond acceptors (Lipinski definition) is 2. The van der Waals surface area contributed by atoms with Gasteiger partial charge in [0.05, 0.1) is 5.69 Å². The highest BCUT2D eigenvalue weighted by Gasteiger charge is 2.20. The molecule has 1 amide bonds. The van der Waals surface area contributed by atoms with Crippen LogP contribution in [0.15, 0.2) is 6.07 Å². The van der Waals surface area contributed by atoms with Crippen molar-refractivity contribution in [2.45, 2.75) is 59.0 Å². The first kappa shape index (κ1) is 13.1. The zero-order valence-electron chi connectivity index (χ0n) is 11.6. The van der Waals surface area contributed by atoms with Crippen LogP contribution in [0.3, 0.4) is 0 Å². The molecule has 18 heavy (non-hydrogen) atoms. The third-order valence-electron chi connectivity index (χ3n) is 3.78. The minimum atomic E-state index is 0.0840. The first-order valence-electron chi connectivity index (χ1n) is 6.85. The Labute approximate surface area is 109 Å². The van der Waals surface area contributed by atoms with Gasteiger partial charge in [-0.15, -0.1) is 0 Å². The fourth-order valence-electron chi connectivity index (χ4n) is 2.65. The lowest BCUT2D eigenvalue weighted by atomic mass is 9.87. The Morgan fingerprint density at radius 3 is 2.61 bits per heavy atom. The molecule has 1 aromatic heterocycles. The van der Waals surface area contributed by atoms with Gasteiger partial charge in [-0.05, 0) is 51.5 Å². The molecule has 4 nitrogen and oxygen atoms in total. The Kier molecular flexibility index (Phi) is 4.04. The number of hydrogen-bond donors (Lipinski definition) is 1. The van der Waals surface area contributed by atoms with E-state index in [9.17, 15) is 4.79 Å². The highest BCUT2D eigenvalue weighted by atomic mass is 16.2. The van der Waals surface area contributed by atoms with Crippen LogP contribution in [0.4, 0.5) is 0 Å². The Morgan fingerprint density at radius 1 is 1.39 bits per heavy atom. The number of aryl methyl sites for hydroxylation is 2. The molecule has 0 spiro atoms. The second-order valence-corrected chi connectivity index (χ2v) is 5.61. The van der Waals surface area contributed by atoms with Crippen molar-refractivity contribution in [2.24, 2.45) is 5.92 Å². The lowest BCUT2D eigenvalue weighted by molar-refractivity contribution is -0.122. The van der Waals surface area contributed by atoms with E-state index in [4.69, 9.17) is 0 Å². The number of amides is 1. The molecule has 1 aromatic rings. The topological polar surface area (TPSA) is 46.9 Å². The molecule has 1 aliphatic carbocycles. The molecule has 1 saturated carbocycles. The SMILES string of the molecule is Cc1cc(C)n(CC(=O)NC2CCC(C)CC2)n1. The predicted molar refractivity (Wildman–Crippen MR) is 71.3 cm³/mol. The largest absolute Gasteiger partial charge is 0.352 e. The second-order valence-electron chi connectivity index (χ2n) is 5.61. The molecule has 0 bridgehead atoms. The van der Waals surface area contributed by atoms with Gasteiger partial charge in [0.25, 0.3) is 0 Å². The lowest BCUT2D eigenvalue weighted by Gasteiger charge is -2.26. The molecule has 4 heteroatoms. The summed E-state index contributed by atoms with van der Waals surface area (Å²) in [6, 6.07) is 2.36. The summed E-state index contributed by atoms with van der Waals surface area (Å²) in [5.41, 5.74) is 2.01. The van der Waals surface area contributed by atoms with Crippen LogP contribution in [0.5, 0.6) is 0 Å². The number of aromatic nitrogens is 2. The summed E-state index contributed by atoms with van der Waals surface area (Å²) >= 11 is 0. The normalized spacial score (nSPS) is 23.9. The maximum atomic E-state index is 12.0. The van der Waals surface area contributed by atoms with Gasteiger partial charge in [-0.25, -0.2) is 0 Å². The van der Waals surface area contributed by atoms with E-state index in [1.165, 1.54) is 12.8 Å². The molecule has 0 atom stereocenters. The average Bonchev–Trinajstić information content (AvgIpc) is 2.61. The summed E-state index contributed by atoms with van der Waals surface area (Å²) in [5, 5.41) is 7.44. The van der Waals surface area contributed by atoms with E-state index >= 15 is 0 Å². The van der Waals surface area contributed by atoms with E-state index in [0.29, 0.717) is 12.6 Å². The van der Waals surface area contributed by atoms with Gasteiger partial charge < -0.3 is 5.32 Å². The average molecular weight is 249 g/mol. The number of carbonyl (C=O) groups excluding carboxylic acids is 1. The van der Waals surface area contributed by atoms with Crippen LogP contribution in [0.1, 0.15) is 44.0 Å². The van der Waals surface area contributed by atoms with E-state index in [0.717, 1.165) is 30.1 Å². The lowest BCUT2D eigenvalue weighted by Crippen LogP contribution is -2.39. The maximum absolute atomic E-state index is 12.0. The van der Waals surface area contributed by atoms with Crippen LogP contribution in [0.2, 0.25) is 0 Å². The monoisotopic (exact) mass is 249 g/mol. The van der Waals surface area contributed by atoms with Crippen molar-refractivity contribution in [3.8, 4) is 0 Å². The van der Waals surface area contributed by atoms with Gasteiger partial charge in [0.2, 0.25) is 5.91 Å². The summed E-state index contributed by atoms with van der Waals surface area (Å²) in [6.45, 7) is 6.55. The van der Waals surface area contributed by atoms with Gasteiger partial charge in [0.1, 0.15) is 6.54 Å². The van der Waals surface area contributed by atoms with Crippen molar-refractivity contribution in [2.75, 3.05) is 0 Å².